The maximum atomic E-state index is 11.8. The predicted octanol–water partition coefficient (Wildman–Crippen LogP) is 5.13. The molecule has 0 atom stereocenters. The van der Waals surface area contributed by atoms with Gasteiger partial charge in [-0.2, -0.15) is 0 Å². The Hall–Kier alpha value is -0.960. The van der Waals surface area contributed by atoms with Crippen molar-refractivity contribution >= 4 is 40.6 Å². The number of halogens is 3. The van der Waals surface area contributed by atoms with Gasteiger partial charge >= 0.3 is 0 Å². The van der Waals surface area contributed by atoms with Crippen LogP contribution in [0, 0.1) is 20.8 Å². The summed E-state index contributed by atoms with van der Waals surface area (Å²) in [5, 5.41) is 1.24. The van der Waals surface area contributed by atoms with Crippen LogP contribution in [0.15, 0.2) is 18.2 Å². The molecule has 0 bridgehead atoms. The number of hydrogen-bond donors (Lipinski definition) is 0. The molecule has 1 aromatic carbocycles. The van der Waals surface area contributed by atoms with Gasteiger partial charge in [-0.15, -0.1) is 11.6 Å². The summed E-state index contributed by atoms with van der Waals surface area (Å²) in [6.07, 6.45) is 0. The molecule has 0 aliphatic heterocycles. The van der Waals surface area contributed by atoms with Crippen LogP contribution in [-0.4, -0.2) is 16.2 Å². The van der Waals surface area contributed by atoms with Gasteiger partial charge in [0.15, 0.2) is 5.78 Å². The van der Waals surface area contributed by atoms with Crippen molar-refractivity contribution < 1.29 is 4.79 Å². The average molecular weight is 331 g/mol. The van der Waals surface area contributed by atoms with E-state index < -0.39 is 0 Å². The second kappa shape index (κ2) is 5.80. The molecule has 2 nitrogen and oxygen atoms in total. The highest BCUT2D eigenvalue weighted by molar-refractivity contribution is 6.35. The molecular weight excluding hydrogens is 317 g/mol. The Kier molecular flexibility index (Phi) is 4.48. The Morgan fingerprint density at radius 3 is 2.35 bits per heavy atom. The summed E-state index contributed by atoms with van der Waals surface area (Å²) in [6, 6.07) is 5.46. The molecule has 20 heavy (non-hydrogen) atoms. The number of aryl methyl sites for hydroxylation is 2. The van der Waals surface area contributed by atoms with E-state index in [0.717, 1.165) is 22.6 Å². The van der Waals surface area contributed by atoms with Crippen LogP contribution in [0.4, 0.5) is 0 Å². The van der Waals surface area contributed by atoms with Crippen LogP contribution in [0.5, 0.6) is 0 Å². The minimum Gasteiger partial charge on any atom is -0.316 e. The van der Waals surface area contributed by atoms with Crippen molar-refractivity contribution in [3.8, 4) is 5.69 Å². The molecule has 1 heterocycles. The molecule has 0 radical (unpaired) electrons. The Labute approximate surface area is 133 Å². The summed E-state index contributed by atoms with van der Waals surface area (Å²) < 4.78 is 1.92. The van der Waals surface area contributed by atoms with Gasteiger partial charge < -0.3 is 4.57 Å². The zero-order valence-corrected chi connectivity index (χ0v) is 13.7. The quantitative estimate of drug-likeness (QED) is 0.565. The molecule has 0 unspecified atom stereocenters. The topological polar surface area (TPSA) is 22.0 Å². The standard InChI is InChI=1S/C15H14Cl3NO/c1-8-4-13(18)14(6-12(8)17)19-9(2)5-11(10(19)3)15(20)7-16/h4-6H,7H2,1-3H3. The lowest BCUT2D eigenvalue weighted by Crippen LogP contribution is -2.05. The fourth-order valence-electron chi connectivity index (χ4n) is 2.29. The Balaban J connectivity index is 2.68. The molecule has 0 spiro atoms. The largest absolute Gasteiger partial charge is 0.316 e. The monoisotopic (exact) mass is 329 g/mol. The molecular formula is C15H14Cl3NO. The third kappa shape index (κ3) is 2.60. The SMILES string of the molecule is Cc1cc(Cl)c(-n2c(C)cc(C(=O)CCl)c2C)cc1Cl. The Morgan fingerprint density at radius 2 is 1.75 bits per heavy atom. The van der Waals surface area contributed by atoms with Gasteiger partial charge in [-0.25, -0.2) is 0 Å². The van der Waals surface area contributed by atoms with Crippen LogP contribution < -0.4 is 0 Å². The number of hydrogen-bond acceptors (Lipinski definition) is 1. The van der Waals surface area contributed by atoms with Crippen molar-refractivity contribution in [2.75, 3.05) is 5.88 Å². The van der Waals surface area contributed by atoms with E-state index in [1.54, 1.807) is 0 Å². The highest BCUT2D eigenvalue weighted by Gasteiger charge is 2.18. The molecule has 2 aromatic rings. The highest BCUT2D eigenvalue weighted by atomic mass is 35.5. The van der Waals surface area contributed by atoms with Crippen LogP contribution in [-0.2, 0) is 0 Å². The molecule has 0 saturated heterocycles. The van der Waals surface area contributed by atoms with Gasteiger partial charge in [0.1, 0.15) is 0 Å². The number of Topliss-reactive ketones (excluding diaryl/α,β-unsaturated/α-hetero) is 1. The van der Waals surface area contributed by atoms with Gasteiger partial charge in [0.2, 0.25) is 0 Å². The van der Waals surface area contributed by atoms with Gasteiger partial charge in [0.25, 0.3) is 0 Å². The average Bonchev–Trinajstić information content (AvgIpc) is 2.69. The van der Waals surface area contributed by atoms with E-state index in [4.69, 9.17) is 34.8 Å². The number of benzene rings is 1. The lowest BCUT2D eigenvalue weighted by atomic mass is 10.2. The predicted molar refractivity (Wildman–Crippen MR) is 85.1 cm³/mol. The van der Waals surface area contributed by atoms with Crippen LogP contribution in [0.3, 0.4) is 0 Å². The molecule has 2 rings (SSSR count). The summed E-state index contributed by atoms with van der Waals surface area (Å²) in [6.45, 7) is 5.69. The number of aromatic nitrogens is 1. The van der Waals surface area contributed by atoms with E-state index in [2.05, 4.69) is 0 Å². The minimum atomic E-state index is -0.0969. The Morgan fingerprint density at radius 1 is 1.10 bits per heavy atom. The van der Waals surface area contributed by atoms with E-state index in [1.165, 1.54) is 0 Å². The number of carbonyl (C=O) groups is 1. The van der Waals surface area contributed by atoms with E-state index in [9.17, 15) is 4.79 Å². The van der Waals surface area contributed by atoms with Gasteiger partial charge in [-0.05, 0) is 44.5 Å². The van der Waals surface area contributed by atoms with Crippen LogP contribution in [0.1, 0.15) is 27.3 Å². The molecule has 106 valence electrons. The van der Waals surface area contributed by atoms with Crippen LogP contribution >= 0.6 is 34.8 Å². The third-order valence-corrected chi connectivity index (χ3v) is 4.27. The smallest absolute Gasteiger partial charge is 0.179 e. The molecule has 0 N–H and O–H groups in total. The van der Waals surface area contributed by atoms with Gasteiger partial charge in [0.05, 0.1) is 16.6 Å². The summed E-state index contributed by atoms with van der Waals surface area (Å²) in [7, 11) is 0. The molecule has 0 aliphatic rings. The summed E-state index contributed by atoms with van der Waals surface area (Å²) in [5.41, 5.74) is 4.03. The van der Waals surface area contributed by atoms with E-state index >= 15 is 0 Å². The molecule has 0 saturated carbocycles. The van der Waals surface area contributed by atoms with E-state index in [0.29, 0.717) is 15.6 Å². The van der Waals surface area contributed by atoms with Crippen molar-refractivity contribution in [3.05, 3.63) is 50.8 Å². The fourth-order valence-corrected chi connectivity index (χ4v) is 2.90. The molecule has 5 heteroatoms. The zero-order chi connectivity index (χ0) is 15.0. The first-order valence-electron chi connectivity index (χ1n) is 6.11. The van der Waals surface area contributed by atoms with Gasteiger partial charge in [-0.1, -0.05) is 23.2 Å². The van der Waals surface area contributed by atoms with Crippen LogP contribution in [0.25, 0.3) is 5.69 Å². The molecule has 1 aromatic heterocycles. The summed E-state index contributed by atoms with van der Waals surface area (Å²) in [4.78, 5) is 11.8. The highest BCUT2D eigenvalue weighted by Crippen LogP contribution is 2.31. The molecule has 0 amide bonds. The summed E-state index contributed by atoms with van der Waals surface area (Å²) >= 11 is 18.1. The first-order valence-corrected chi connectivity index (χ1v) is 7.40. The van der Waals surface area contributed by atoms with Crippen molar-refractivity contribution in [1.29, 1.82) is 0 Å². The maximum Gasteiger partial charge on any atom is 0.179 e. The number of rotatable bonds is 3. The lowest BCUT2D eigenvalue weighted by Gasteiger charge is -2.13. The number of alkyl halides is 1. The number of nitrogens with zero attached hydrogens (tertiary/aromatic N) is 1. The van der Waals surface area contributed by atoms with Crippen LogP contribution in [0.2, 0.25) is 10.0 Å². The fraction of sp³-hybridized carbons (Fsp3) is 0.267. The number of ketones is 1. The number of carbonyl (C=O) groups excluding carboxylic acids is 1. The normalized spacial score (nSPS) is 10.9. The van der Waals surface area contributed by atoms with Gasteiger partial charge in [0, 0.05) is 22.0 Å². The lowest BCUT2D eigenvalue weighted by molar-refractivity contribution is 0.102. The van der Waals surface area contributed by atoms with E-state index in [1.807, 2.05) is 43.5 Å². The first-order chi connectivity index (χ1) is 9.36. The second-order valence-electron chi connectivity index (χ2n) is 4.73. The van der Waals surface area contributed by atoms with E-state index in [-0.39, 0.29) is 11.7 Å². The van der Waals surface area contributed by atoms with Crippen molar-refractivity contribution in [2.24, 2.45) is 0 Å². The van der Waals surface area contributed by atoms with Crippen molar-refractivity contribution in [2.45, 2.75) is 20.8 Å². The summed E-state index contributed by atoms with van der Waals surface area (Å²) in [5.74, 6) is -0.132. The molecule has 0 fully saturated rings. The molecule has 0 aliphatic carbocycles. The van der Waals surface area contributed by atoms with Gasteiger partial charge in [-0.3, -0.25) is 4.79 Å². The van der Waals surface area contributed by atoms with Crippen molar-refractivity contribution in [3.63, 3.8) is 0 Å². The zero-order valence-electron chi connectivity index (χ0n) is 11.4. The Bertz CT molecular complexity index is 689. The maximum absolute atomic E-state index is 11.8. The third-order valence-electron chi connectivity index (χ3n) is 3.32. The minimum absolute atomic E-state index is 0.0350. The second-order valence-corrected chi connectivity index (χ2v) is 5.81. The van der Waals surface area contributed by atoms with Crippen molar-refractivity contribution in [1.82, 2.24) is 4.57 Å². The first kappa shape index (κ1) is 15.4.